The number of hydrogen-bond acceptors (Lipinski definition) is 5. The molecule has 1 aromatic heterocycles. The molecule has 1 amide bonds. The van der Waals surface area contributed by atoms with E-state index < -0.39 is 6.10 Å². The molecule has 2 aromatic rings. The van der Waals surface area contributed by atoms with Gasteiger partial charge in [0.1, 0.15) is 10.8 Å². The standard InChI is InChI=1S/C15H18ClN3O2S/c1-8(2)14-18-19-15(22-14)17-13(20)10(4)21-12-6-5-11(16)7-9(12)3/h5-8,10H,1-4H3,(H,17,19,20)/t10-/m0/s1. The minimum atomic E-state index is -0.647. The highest BCUT2D eigenvalue weighted by molar-refractivity contribution is 7.15. The summed E-state index contributed by atoms with van der Waals surface area (Å²) in [7, 11) is 0. The summed E-state index contributed by atoms with van der Waals surface area (Å²) in [6.45, 7) is 7.63. The predicted octanol–water partition coefficient (Wildman–Crippen LogP) is 4.03. The van der Waals surface area contributed by atoms with E-state index in [1.807, 2.05) is 20.8 Å². The molecule has 0 radical (unpaired) electrons. The largest absolute Gasteiger partial charge is 0.481 e. The van der Waals surface area contributed by atoms with E-state index in [1.54, 1.807) is 25.1 Å². The number of aromatic nitrogens is 2. The van der Waals surface area contributed by atoms with Crippen molar-refractivity contribution in [3.63, 3.8) is 0 Å². The van der Waals surface area contributed by atoms with Crippen LogP contribution >= 0.6 is 22.9 Å². The maximum Gasteiger partial charge on any atom is 0.266 e. The number of benzene rings is 1. The monoisotopic (exact) mass is 339 g/mol. The van der Waals surface area contributed by atoms with Gasteiger partial charge in [-0.1, -0.05) is 36.8 Å². The number of hydrogen-bond donors (Lipinski definition) is 1. The van der Waals surface area contributed by atoms with Gasteiger partial charge < -0.3 is 4.74 Å². The van der Waals surface area contributed by atoms with Crippen LogP contribution in [-0.4, -0.2) is 22.2 Å². The molecular weight excluding hydrogens is 322 g/mol. The molecule has 0 saturated carbocycles. The summed E-state index contributed by atoms with van der Waals surface area (Å²) in [5.41, 5.74) is 0.880. The normalized spacial score (nSPS) is 12.3. The Kier molecular flexibility index (Phi) is 5.37. The molecule has 0 unspecified atom stereocenters. The van der Waals surface area contributed by atoms with Crippen molar-refractivity contribution in [2.45, 2.75) is 39.7 Å². The lowest BCUT2D eigenvalue weighted by molar-refractivity contribution is -0.122. The second kappa shape index (κ2) is 7.07. The van der Waals surface area contributed by atoms with Gasteiger partial charge >= 0.3 is 0 Å². The highest BCUT2D eigenvalue weighted by Crippen LogP contribution is 2.24. The second-order valence-electron chi connectivity index (χ2n) is 5.26. The number of carbonyl (C=O) groups excluding carboxylic acids is 1. The summed E-state index contributed by atoms with van der Waals surface area (Å²) >= 11 is 7.27. The molecule has 5 nitrogen and oxygen atoms in total. The van der Waals surface area contributed by atoms with Gasteiger partial charge in [-0.05, 0) is 37.6 Å². The molecule has 2 rings (SSSR count). The zero-order valence-electron chi connectivity index (χ0n) is 12.9. The predicted molar refractivity (Wildman–Crippen MR) is 88.9 cm³/mol. The average Bonchev–Trinajstić information content (AvgIpc) is 2.90. The van der Waals surface area contributed by atoms with Gasteiger partial charge in [-0.3, -0.25) is 10.1 Å². The van der Waals surface area contributed by atoms with Gasteiger partial charge in [-0.2, -0.15) is 0 Å². The third-order valence-corrected chi connectivity index (χ3v) is 4.35. The zero-order chi connectivity index (χ0) is 16.3. The highest BCUT2D eigenvalue weighted by Gasteiger charge is 2.18. The third-order valence-electron chi connectivity index (χ3n) is 2.97. The van der Waals surface area contributed by atoms with E-state index in [-0.39, 0.29) is 11.8 Å². The minimum absolute atomic E-state index is 0.263. The summed E-state index contributed by atoms with van der Waals surface area (Å²) in [6, 6.07) is 5.28. The maximum absolute atomic E-state index is 12.2. The molecule has 22 heavy (non-hydrogen) atoms. The summed E-state index contributed by atoms with van der Waals surface area (Å²) in [5, 5.41) is 12.7. The SMILES string of the molecule is Cc1cc(Cl)ccc1O[C@@H](C)C(=O)Nc1nnc(C(C)C)s1. The van der Waals surface area contributed by atoms with Gasteiger partial charge in [0, 0.05) is 10.9 Å². The molecular formula is C15H18ClN3O2S. The first-order valence-corrected chi connectivity index (χ1v) is 8.13. The molecule has 118 valence electrons. The highest BCUT2D eigenvalue weighted by atomic mass is 35.5. The molecule has 0 aliphatic heterocycles. The summed E-state index contributed by atoms with van der Waals surface area (Å²) < 4.78 is 5.67. The number of nitrogens with zero attached hydrogens (tertiary/aromatic N) is 2. The van der Waals surface area contributed by atoms with Crippen molar-refractivity contribution in [3.8, 4) is 5.75 Å². The Morgan fingerprint density at radius 1 is 1.32 bits per heavy atom. The molecule has 7 heteroatoms. The summed E-state index contributed by atoms with van der Waals surface area (Å²) in [6.07, 6.45) is -0.647. The van der Waals surface area contributed by atoms with Gasteiger partial charge in [0.15, 0.2) is 6.10 Å². The Morgan fingerprint density at radius 3 is 2.64 bits per heavy atom. The lowest BCUT2D eigenvalue weighted by Gasteiger charge is -2.15. The smallest absolute Gasteiger partial charge is 0.266 e. The molecule has 0 aliphatic carbocycles. The number of amides is 1. The van der Waals surface area contributed by atoms with Crippen LogP contribution in [0.4, 0.5) is 5.13 Å². The van der Waals surface area contributed by atoms with Crippen molar-refractivity contribution < 1.29 is 9.53 Å². The van der Waals surface area contributed by atoms with Crippen LogP contribution in [0.15, 0.2) is 18.2 Å². The van der Waals surface area contributed by atoms with Gasteiger partial charge in [0.2, 0.25) is 5.13 Å². The average molecular weight is 340 g/mol. The van der Waals surface area contributed by atoms with Crippen LogP contribution in [0.3, 0.4) is 0 Å². The fraction of sp³-hybridized carbons (Fsp3) is 0.400. The first kappa shape index (κ1) is 16.7. The molecule has 0 aliphatic rings. The fourth-order valence-electron chi connectivity index (χ4n) is 1.71. The van der Waals surface area contributed by atoms with Crippen molar-refractivity contribution in [2.75, 3.05) is 5.32 Å². The van der Waals surface area contributed by atoms with Crippen LogP contribution in [-0.2, 0) is 4.79 Å². The number of halogens is 1. The Morgan fingerprint density at radius 2 is 2.05 bits per heavy atom. The molecule has 1 heterocycles. The van der Waals surface area contributed by atoms with Crippen LogP contribution < -0.4 is 10.1 Å². The minimum Gasteiger partial charge on any atom is -0.481 e. The van der Waals surface area contributed by atoms with E-state index in [0.29, 0.717) is 15.9 Å². The lowest BCUT2D eigenvalue weighted by atomic mass is 10.2. The molecule has 0 saturated heterocycles. The topological polar surface area (TPSA) is 64.1 Å². The van der Waals surface area contributed by atoms with Gasteiger partial charge in [-0.25, -0.2) is 0 Å². The Labute approximate surface area is 138 Å². The number of carbonyl (C=O) groups is 1. The van der Waals surface area contributed by atoms with Crippen molar-refractivity contribution in [1.29, 1.82) is 0 Å². The third kappa shape index (κ3) is 4.18. The molecule has 0 spiro atoms. The molecule has 1 atom stereocenters. The van der Waals surface area contributed by atoms with E-state index in [9.17, 15) is 4.79 Å². The van der Waals surface area contributed by atoms with Gasteiger partial charge in [-0.15, -0.1) is 10.2 Å². The number of rotatable bonds is 5. The molecule has 0 fully saturated rings. The van der Waals surface area contributed by atoms with E-state index in [0.717, 1.165) is 10.6 Å². The summed E-state index contributed by atoms with van der Waals surface area (Å²) in [4.78, 5) is 12.2. The first-order valence-electron chi connectivity index (χ1n) is 6.94. The Balaban J connectivity index is 1.99. The number of aryl methyl sites for hydroxylation is 1. The van der Waals surface area contributed by atoms with Crippen LogP contribution in [0.1, 0.15) is 37.3 Å². The first-order chi connectivity index (χ1) is 10.4. The quantitative estimate of drug-likeness (QED) is 0.893. The number of anilines is 1. The van der Waals surface area contributed by atoms with Crippen LogP contribution in [0.2, 0.25) is 5.02 Å². The van der Waals surface area contributed by atoms with E-state index in [4.69, 9.17) is 16.3 Å². The maximum atomic E-state index is 12.2. The van der Waals surface area contributed by atoms with Crippen molar-refractivity contribution >= 4 is 34.0 Å². The second-order valence-corrected chi connectivity index (χ2v) is 6.70. The molecule has 0 bridgehead atoms. The summed E-state index contributed by atoms with van der Waals surface area (Å²) in [5.74, 6) is 0.654. The van der Waals surface area contributed by atoms with E-state index >= 15 is 0 Å². The number of ether oxygens (including phenoxy) is 1. The Hall–Kier alpha value is -1.66. The zero-order valence-corrected chi connectivity index (χ0v) is 14.5. The van der Waals surface area contributed by atoms with Crippen molar-refractivity contribution in [1.82, 2.24) is 10.2 Å². The number of nitrogens with one attached hydrogen (secondary N) is 1. The molecule has 1 aromatic carbocycles. The van der Waals surface area contributed by atoms with Crippen LogP contribution in [0.5, 0.6) is 5.75 Å². The van der Waals surface area contributed by atoms with Crippen molar-refractivity contribution in [3.05, 3.63) is 33.8 Å². The Bertz CT molecular complexity index is 673. The van der Waals surface area contributed by atoms with E-state index in [1.165, 1.54) is 11.3 Å². The van der Waals surface area contributed by atoms with E-state index in [2.05, 4.69) is 15.5 Å². The van der Waals surface area contributed by atoms with Crippen LogP contribution in [0, 0.1) is 6.92 Å². The van der Waals surface area contributed by atoms with Gasteiger partial charge in [0.25, 0.3) is 5.91 Å². The van der Waals surface area contributed by atoms with Crippen molar-refractivity contribution in [2.24, 2.45) is 0 Å². The fourth-order valence-corrected chi connectivity index (χ4v) is 2.69. The lowest BCUT2D eigenvalue weighted by Crippen LogP contribution is -2.30. The molecule has 1 N–H and O–H groups in total. The van der Waals surface area contributed by atoms with Crippen LogP contribution in [0.25, 0.3) is 0 Å². The van der Waals surface area contributed by atoms with Gasteiger partial charge in [0.05, 0.1) is 0 Å².